The number of carbonyl (C=O) groups excluding carboxylic acids is 2. The monoisotopic (exact) mass is 354 g/mol. The van der Waals surface area contributed by atoms with E-state index >= 15 is 0 Å². The molecule has 1 aliphatic heterocycles. The lowest BCUT2D eigenvalue weighted by atomic mass is 10.1. The van der Waals surface area contributed by atoms with E-state index in [9.17, 15) is 9.59 Å². The van der Waals surface area contributed by atoms with Gasteiger partial charge in [-0.1, -0.05) is 12.1 Å². The fraction of sp³-hybridized carbons (Fsp3) is 0.263. The summed E-state index contributed by atoms with van der Waals surface area (Å²) >= 11 is 0. The number of hydrogen-bond acceptors (Lipinski definition) is 4. The summed E-state index contributed by atoms with van der Waals surface area (Å²) in [6.07, 6.45) is 0. The second kappa shape index (κ2) is 7.77. The number of rotatable bonds is 4. The third-order valence-electron chi connectivity index (χ3n) is 4.39. The number of nitrogens with zero attached hydrogens (tertiary/aromatic N) is 2. The zero-order valence-electron chi connectivity index (χ0n) is 14.6. The van der Waals surface area contributed by atoms with Crippen LogP contribution in [-0.4, -0.2) is 50.1 Å². The number of methoxy groups -OCH3 is 1. The van der Waals surface area contributed by atoms with E-state index in [4.69, 9.17) is 10.5 Å². The number of benzene rings is 2. The second-order valence-electron chi connectivity index (χ2n) is 6.02. The Hall–Kier alpha value is -3.22. The predicted molar refractivity (Wildman–Crippen MR) is 101 cm³/mol. The average molecular weight is 354 g/mol. The highest BCUT2D eigenvalue weighted by molar-refractivity contribution is 5.95. The van der Waals surface area contributed by atoms with Gasteiger partial charge in [-0.05, 0) is 36.4 Å². The quantitative estimate of drug-likeness (QED) is 0.881. The molecule has 0 radical (unpaired) electrons. The number of piperazine rings is 1. The summed E-state index contributed by atoms with van der Waals surface area (Å²) in [5.74, 6) is 0.820. The van der Waals surface area contributed by atoms with Gasteiger partial charge in [0.2, 0.25) is 0 Å². The Balaban J connectivity index is 1.62. The molecule has 2 aromatic rings. The van der Waals surface area contributed by atoms with Gasteiger partial charge in [-0.15, -0.1) is 0 Å². The molecule has 7 nitrogen and oxygen atoms in total. The Bertz CT molecular complexity index is 784. The maximum absolute atomic E-state index is 12.7. The first kappa shape index (κ1) is 17.6. The van der Waals surface area contributed by atoms with E-state index in [1.165, 1.54) is 0 Å². The van der Waals surface area contributed by atoms with Gasteiger partial charge < -0.3 is 25.6 Å². The van der Waals surface area contributed by atoms with E-state index < -0.39 is 6.03 Å². The Morgan fingerprint density at radius 1 is 1.00 bits per heavy atom. The largest absolute Gasteiger partial charge is 0.495 e. The summed E-state index contributed by atoms with van der Waals surface area (Å²) in [5.41, 5.74) is 7.28. The van der Waals surface area contributed by atoms with Crippen LogP contribution in [0.4, 0.5) is 16.2 Å². The first-order valence-corrected chi connectivity index (χ1v) is 8.42. The van der Waals surface area contributed by atoms with Crippen molar-refractivity contribution in [3.8, 4) is 5.75 Å². The molecule has 3 N–H and O–H groups in total. The lowest BCUT2D eigenvalue weighted by Crippen LogP contribution is -2.48. The van der Waals surface area contributed by atoms with Crippen LogP contribution in [0.1, 0.15) is 10.4 Å². The van der Waals surface area contributed by atoms with Gasteiger partial charge in [0, 0.05) is 37.4 Å². The van der Waals surface area contributed by atoms with E-state index in [1.54, 1.807) is 31.4 Å². The van der Waals surface area contributed by atoms with Crippen LogP contribution in [-0.2, 0) is 0 Å². The number of anilines is 2. The summed E-state index contributed by atoms with van der Waals surface area (Å²) in [6, 6.07) is 14.0. The molecule has 136 valence electrons. The van der Waals surface area contributed by atoms with Crippen molar-refractivity contribution in [1.29, 1.82) is 0 Å². The molecule has 1 saturated heterocycles. The Kier molecular flexibility index (Phi) is 5.26. The topological polar surface area (TPSA) is 87.9 Å². The van der Waals surface area contributed by atoms with Gasteiger partial charge in [-0.25, -0.2) is 4.79 Å². The molecule has 1 aliphatic rings. The Morgan fingerprint density at radius 3 is 2.27 bits per heavy atom. The first-order chi connectivity index (χ1) is 12.6. The molecular formula is C19H22N4O3. The molecule has 3 amide bonds. The smallest absolute Gasteiger partial charge is 0.316 e. The molecule has 0 aliphatic carbocycles. The van der Waals surface area contributed by atoms with Crippen molar-refractivity contribution in [1.82, 2.24) is 4.90 Å². The van der Waals surface area contributed by atoms with Crippen molar-refractivity contribution in [3.63, 3.8) is 0 Å². The highest BCUT2D eigenvalue weighted by Gasteiger charge is 2.23. The molecule has 0 spiro atoms. The standard InChI is InChI=1S/C19H22N4O3/c1-26-17-5-3-2-4-16(17)22-10-12-23(13-11-22)18(24)14-6-8-15(9-7-14)21-19(20)25/h2-9H,10-13H2,1H3,(H3,20,21,25). The molecule has 0 saturated carbocycles. The molecule has 3 rings (SSSR count). The lowest BCUT2D eigenvalue weighted by molar-refractivity contribution is 0.0746. The molecule has 1 heterocycles. The Labute approximate surface area is 152 Å². The predicted octanol–water partition coefficient (Wildman–Crippen LogP) is 2.15. The van der Waals surface area contributed by atoms with Crippen LogP contribution in [0, 0.1) is 0 Å². The van der Waals surface area contributed by atoms with Crippen molar-refractivity contribution < 1.29 is 14.3 Å². The van der Waals surface area contributed by atoms with Gasteiger partial charge in [0.15, 0.2) is 0 Å². The molecule has 0 aromatic heterocycles. The van der Waals surface area contributed by atoms with Gasteiger partial charge in [-0.2, -0.15) is 0 Å². The van der Waals surface area contributed by atoms with E-state index in [-0.39, 0.29) is 5.91 Å². The van der Waals surface area contributed by atoms with Gasteiger partial charge in [0.1, 0.15) is 5.75 Å². The van der Waals surface area contributed by atoms with Crippen molar-refractivity contribution in [2.24, 2.45) is 5.73 Å². The zero-order valence-corrected chi connectivity index (χ0v) is 14.6. The van der Waals surface area contributed by atoms with Crippen LogP contribution in [0.2, 0.25) is 0 Å². The fourth-order valence-electron chi connectivity index (χ4n) is 3.06. The van der Waals surface area contributed by atoms with Gasteiger partial charge in [-0.3, -0.25) is 4.79 Å². The summed E-state index contributed by atoms with van der Waals surface area (Å²) in [4.78, 5) is 27.6. The maximum Gasteiger partial charge on any atom is 0.316 e. The number of nitrogens with one attached hydrogen (secondary N) is 1. The summed E-state index contributed by atoms with van der Waals surface area (Å²) in [6.45, 7) is 2.76. The highest BCUT2D eigenvalue weighted by atomic mass is 16.5. The van der Waals surface area contributed by atoms with Crippen LogP contribution in [0.25, 0.3) is 0 Å². The highest BCUT2D eigenvalue weighted by Crippen LogP contribution is 2.28. The second-order valence-corrected chi connectivity index (χ2v) is 6.02. The molecule has 0 bridgehead atoms. The average Bonchev–Trinajstić information content (AvgIpc) is 2.67. The van der Waals surface area contributed by atoms with Crippen LogP contribution in [0.15, 0.2) is 48.5 Å². The Morgan fingerprint density at radius 2 is 1.65 bits per heavy atom. The van der Waals surface area contributed by atoms with Crippen molar-refractivity contribution >= 4 is 23.3 Å². The molecule has 0 unspecified atom stereocenters. The number of nitrogens with two attached hydrogens (primary N) is 1. The lowest BCUT2D eigenvalue weighted by Gasteiger charge is -2.36. The summed E-state index contributed by atoms with van der Waals surface area (Å²) < 4.78 is 5.42. The van der Waals surface area contributed by atoms with Crippen LogP contribution >= 0.6 is 0 Å². The minimum absolute atomic E-state index is 0.0182. The van der Waals surface area contributed by atoms with Crippen molar-refractivity contribution in [3.05, 3.63) is 54.1 Å². The summed E-state index contributed by atoms with van der Waals surface area (Å²) in [5, 5.41) is 2.48. The number of amides is 3. The van der Waals surface area contributed by atoms with E-state index in [1.807, 2.05) is 29.2 Å². The van der Waals surface area contributed by atoms with Crippen LogP contribution in [0.3, 0.4) is 0 Å². The summed E-state index contributed by atoms with van der Waals surface area (Å²) in [7, 11) is 1.66. The molecule has 7 heteroatoms. The number of primary amides is 1. The number of carbonyl (C=O) groups is 2. The number of hydrogen-bond donors (Lipinski definition) is 2. The fourth-order valence-corrected chi connectivity index (χ4v) is 3.06. The van der Waals surface area contributed by atoms with Gasteiger partial charge in [0.25, 0.3) is 5.91 Å². The zero-order chi connectivity index (χ0) is 18.5. The van der Waals surface area contributed by atoms with E-state index in [0.717, 1.165) is 24.5 Å². The minimum atomic E-state index is -0.628. The molecular weight excluding hydrogens is 332 g/mol. The van der Waals surface area contributed by atoms with E-state index in [0.29, 0.717) is 24.3 Å². The molecule has 2 aromatic carbocycles. The minimum Gasteiger partial charge on any atom is -0.495 e. The molecule has 1 fully saturated rings. The maximum atomic E-state index is 12.7. The number of urea groups is 1. The van der Waals surface area contributed by atoms with Gasteiger partial charge in [0.05, 0.1) is 12.8 Å². The molecule has 0 atom stereocenters. The SMILES string of the molecule is COc1ccccc1N1CCN(C(=O)c2ccc(NC(N)=O)cc2)CC1. The van der Waals surface area contributed by atoms with Crippen molar-refractivity contribution in [2.45, 2.75) is 0 Å². The third-order valence-corrected chi connectivity index (χ3v) is 4.39. The molecule has 26 heavy (non-hydrogen) atoms. The van der Waals surface area contributed by atoms with Gasteiger partial charge >= 0.3 is 6.03 Å². The van der Waals surface area contributed by atoms with E-state index in [2.05, 4.69) is 10.2 Å². The number of para-hydroxylation sites is 2. The van der Waals surface area contributed by atoms with Crippen LogP contribution < -0.4 is 20.7 Å². The number of ether oxygens (including phenoxy) is 1. The first-order valence-electron chi connectivity index (χ1n) is 8.42. The normalized spacial score (nSPS) is 14.0. The van der Waals surface area contributed by atoms with Crippen LogP contribution in [0.5, 0.6) is 5.75 Å². The third kappa shape index (κ3) is 3.88. The van der Waals surface area contributed by atoms with Crippen molar-refractivity contribution in [2.75, 3.05) is 43.5 Å².